The maximum absolute atomic E-state index is 4.74. The molecule has 0 spiro atoms. The van der Waals surface area contributed by atoms with E-state index in [1.807, 2.05) is 13.8 Å². The number of aliphatic imine (C=N–C) groups is 1. The van der Waals surface area contributed by atoms with Gasteiger partial charge in [0, 0.05) is 18.0 Å². The number of benzene rings is 1. The molecule has 0 radical (unpaired) electrons. The SMILES string of the molecule is CCNC(=NCc1sc(C)nc1C)NCC(c1ccc(C)cc1)N(C)C. The Hall–Kier alpha value is -1.92. The van der Waals surface area contributed by atoms with Crippen LogP contribution in [0.3, 0.4) is 0 Å². The molecule has 2 aromatic rings. The van der Waals surface area contributed by atoms with Crippen LogP contribution in [0.1, 0.15) is 39.7 Å². The predicted octanol–water partition coefficient (Wildman–Crippen LogP) is 3.43. The summed E-state index contributed by atoms with van der Waals surface area (Å²) in [6, 6.07) is 9.02. The van der Waals surface area contributed by atoms with Crippen LogP contribution >= 0.6 is 11.3 Å². The molecular formula is C20H31N5S. The maximum Gasteiger partial charge on any atom is 0.191 e. The molecule has 1 aromatic carbocycles. The minimum absolute atomic E-state index is 0.284. The van der Waals surface area contributed by atoms with Gasteiger partial charge in [0.25, 0.3) is 0 Å². The van der Waals surface area contributed by atoms with Gasteiger partial charge in [0.2, 0.25) is 0 Å². The van der Waals surface area contributed by atoms with Crippen molar-refractivity contribution in [2.75, 3.05) is 27.2 Å². The molecule has 2 rings (SSSR count). The van der Waals surface area contributed by atoms with Crippen LogP contribution in [-0.4, -0.2) is 43.0 Å². The molecule has 0 amide bonds. The number of likely N-dealkylation sites (N-methyl/N-ethyl adjacent to an activating group) is 1. The van der Waals surface area contributed by atoms with Gasteiger partial charge in [-0.15, -0.1) is 11.3 Å². The van der Waals surface area contributed by atoms with Gasteiger partial charge in [-0.1, -0.05) is 29.8 Å². The van der Waals surface area contributed by atoms with Gasteiger partial charge in [0.1, 0.15) is 0 Å². The molecule has 142 valence electrons. The highest BCUT2D eigenvalue weighted by molar-refractivity contribution is 7.11. The van der Waals surface area contributed by atoms with Crippen LogP contribution in [0.4, 0.5) is 0 Å². The van der Waals surface area contributed by atoms with E-state index in [-0.39, 0.29) is 6.04 Å². The Balaban J connectivity index is 2.06. The van der Waals surface area contributed by atoms with E-state index in [0.29, 0.717) is 6.54 Å². The van der Waals surface area contributed by atoms with Gasteiger partial charge in [-0.2, -0.15) is 0 Å². The molecule has 1 atom stereocenters. The number of rotatable bonds is 7. The fraction of sp³-hybridized carbons (Fsp3) is 0.500. The first-order chi connectivity index (χ1) is 12.4. The van der Waals surface area contributed by atoms with Crippen molar-refractivity contribution in [1.29, 1.82) is 0 Å². The van der Waals surface area contributed by atoms with E-state index in [1.54, 1.807) is 11.3 Å². The summed E-state index contributed by atoms with van der Waals surface area (Å²) in [4.78, 5) is 12.7. The molecule has 0 saturated carbocycles. The lowest BCUT2D eigenvalue weighted by Gasteiger charge is -2.26. The van der Waals surface area contributed by atoms with Crippen LogP contribution in [0, 0.1) is 20.8 Å². The number of nitrogens with one attached hydrogen (secondary N) is 2. The van der Waals surface area contributed by atoms with E-state index < -0.39 is 0 Å². The molecule has 2 N–H and O–H groups in total. The summed E-state index contributed by atoms with van der Waals surface area (Å²) in [6.07, 6.45) is 0. The van der Waals surface area contributed by atoms with Crippen LogP contribution in [0.25, 0.3) is 0 Å². The van der Waals surface area contributed by atoms with E-state index in [1.165, 1.54) is 16.0 Å². The summed E-state index contributed by atoms with van der Waals surface area (Å²) >= 11 is 1.72. The molecule has 0 saturated heterocycles. The minimum atomic E-state index is 0.284. The van der Waals surface area contributed by atoms with Gasteiger partial charge < -0.3 is 15.5 Å². The highest BCUT2D eigenvalue weighted by atomic mass is 32.1. The fourth-order valence-electron chi connectivity index (χ4n) is 2.79. The van der Waals surface area contributed by atoms with Gasteiger partial charge in [-0.05, 0) is 47.4 Å². The molecule has 6 heteroatoms. The highest BCUT2D eigenvalue weighted by Crippen LogP contribution is 2.19. The lowest BCUT2D eigenvalue weighted by atomic mass is 10.0. The van der Waals surface area contributed by atoms with Crippen molar-refractivity contribution in [3.8, 4) is 0 Å². The van der Waals surface area contributed by atoms with E-state index in [9.17, 15) is 0 Å². The Kier molecular flexibility index (Phi) is 7.60. The van der Waals surface area contributed by atoms with Crippen molar-refractivity contribution >= 4 is 17.3 Å². The minimum Gasteiger partial charge on any atom is -0.357 e. The second-order valence-electron chi connectivity index (χ2n) is 6.71. The third-order valence-corrected chi connectivity index (χ3v) is 5.33. The summed E-state index contributed by atoms with van der Waals surface area (Å²) in [7, 11) is 4.22. The monoisotopic (exact) mass is 373 g/mol. The van der Waals surface area contributed by atoms with Crippen LogP contribution in [0.15, 0.2) is 29.3 Å². The molecule has 5 nitrogen and oxygen atoms in total. The Morgan fingerprint density at radius 1 is 1.15 bits per heavy atom. The van der Waals surface area contributed by atoms with Crippen molar-refractivity contribution in [2.45, 2.75) is 40.3 Å². The molecule has 0 aliphatic rings. The average Bonchev–Trinajstić information content (AvgIpc) is 2.91. The zero-order valence-electron chi connectivity index (χ0n) is 16.8. The first-order valence-corrected chi connectivity index (χ1v) is 9.90. The zero-order chi connectivity index (χ0) is 19.1. The summed E-state index contributed by atoms with van der Waals surface area (Å²) < 4.78 is 0. The van der Waals surface area contributed by atoms with Gasteiger partial charge in [0.15, 0.2) is 5.96 Å². The third-order valence-electron chi connectivity index (χ3n) is 4.27. The molecule has 0 fully saturated rings. The lowest BCUT2D eigenvalue weighted by Crippen LogP contribution is -2.41. The molecular weight excluding hydrogens is 342 g/mol. The molecule has 26 heavy (non-hydrogen) atoms. The van der Waals surface area contributed by atoms with Gasteiger partial charge in [-0.25, -0.2) is 9.98 Å². The third kappa shape index (κ3) is 5.81. The van der Waals surface area contributed by atoms with Crippen molar-refractivity contribution in [1.82, 2.24) is 20.5 Å². The quantitative estimate of drug-likeness (QED) is 0.577. The predicted molar refractivity (Wildman–Crippen MR) is 112 cm³/mol. The van der Waals surface area contributed by atoms with Crippen molar-refractivity contribution in [3.05, 3.63) is 51.0 Å². The maximum atomic E-state index is 4.74. The summed E-state index contributed by atoms with van der Waals surface area (Å²) in [6.45, 7) is 10.6. The zero-order valence-corrected chi connectivity index (χ0v) is 17.6. The highest BCUT2D eigenvalue weighted by Gasteiger charge is 2.14. The molecule has 0 bridgehead atoms. The molecule has 1 unspecified atom stereocenters. The first-order valence-electron chi connectivity index (χ1n) is 9.08. The summed E-state index contributed by atoms with van der Waals surface area (Å²) in [5, 5.41) is 7.93. The lowest BCUT2D eigenvalue weighted by molar-refractivity contribution is 0.298. The molecule has 1 aromatic heterocycles. The number of guanidine groups is 1. The van der Waals surface area contributed by atoms with Crippen LogP contribution < -0.4 is 10.6 Å². The number of hydrogen-bond donors (Lipinski definition) is 2. The Morgan fingerprint density at radius 2 is 1.85 bits per heavy atom. The first kappa shape index (κ1) is 20.4. The Bertz CT molecular complexity index is 718. The standard InChI is InChI=1S/C20H31N5S/c1-7-21-20(23-13-19-15(3)24-16(4)26-19)22-12-18(25(5)6)17-10-8-14(2)9-11-17/h8-11,18H,7,12-13H2,1-6H3,(H2,21,22,23). The number of nitrogens with zero attached hydrogens (tertiary/aromatic N) is 3. The van der Waals surface area contributed by atoms with E-state index >= 15 is 0 Å². The van der Waals surface area contributed by atoms with Gasteiger partial charge in [-0.3, -0.25) is 0 Å². The van der Waals surface area contributed by atoms with Crippen molar-refractivity contribution < 1.29 is 0 Å². The van der Waals surface area contributed by atoms with Crippen molar-refractivity contribution in [3.63, 3.8) is 0 Å². The number of thiazole rings is 1. The van der Waals surface area contributed by atoms with Crippen LogP contribution in [0.5, 0.6) is 0 Å². The smallest absolute Gasteiger partial charge is 0.191 e. The summed E-state index contributed by atoms with van der Waals surface area (Å²) in [5.41, 5.74) is 3.67. The van der Waals surface area contributed by atoms with Gasteiger partial charge >= 0.3 is 0 Å². The largest absolute Gasteiger partial charge is 0.357 e. The normalized spacial score (nSPS) is 13.1. The molecule has 0 aliphatic carbocycles. The average molecular weight is 374 g/mol. The number of aromatic nitrogens is 1. The van der Waals surface area contributed by atoms with E-state index in [0.717, 1.165) is 29.8 Å². The van der Waals surface area contributed by atoms with Gasteiger partial charge in [0.05, 0.1) is 23.3 Å². The second-order valence-corrected chi connectivity index (χ2v) is 8.00. The number of aryl methyl sites for hydroxylation is 3. The Labute approximate surface area is 161 Å². The topological polar surface area (TPSA) is 52.6 Å². The second kappa shape index (κ2) is 9.69. The number of hydrogen-bond acceptors (Lipinski definition) is 4. The molecule has 1 heterocycles. The van der Waals surface area contributed by atoms with E-state index in [2.05, 4.69) is 72.7 Å². The fourth-order valence-corrected chi connectivity index (χ4v) is 3.65. The van der Waals surface area contributed by atoms with Crippen LogP contribution in [0.2, 0.25) is 0 Å². The summed E-state index contributed by atoms with van der Waals surface area (Å²) in [5.74, 6) is 0.844. The molecule has 0 aliphatic heterocycles. The Morgan fingerprint density at radius 3 is 2.38 bits per heavy atom. The van der Waals surface area contributed by atoms with Crippen LogP contribution in [-0.2, 0) is 6.54 Å². The van der Waals surface area contributed by atoms with E-state index in [4.69, 9.17) is 4.99 Å². The van der Waals surface area contributed by atoms with Crippen molar-refractivity contribution in [2.24, 2.45) is 4.99 Å².